The van der Waals surface area contributed by atoms with Crippen LogP contribution in [-0.4, -0.2) is 94.2 Å². The van der Waals surface area contributed by atoms with E-state index in [1.807, 2.05) is 0 Å². The number of unbranched alkanes of at least 4 members (excludes halogenated alkanes) is 3. The number of benzene rings is 1. The Hall–Kier alpha value is -3.79. The minimum absolute atomic E-state index is 0.0700. The molecule has 2 amide bonds. The van der Waals surface area contributed by atoms with Crippen LogP contribution < -0.4 is 10.6 Å². The topological polar surface area (TPSA) is 227 Å². The van der Waals surface area contributed by atoms with Gasteiger partial charge in [0.2, 0.25) is 6.29 Å². The number of ether oxygens (including phenoxy) is 4. The van der Waals surface area contributed by atoms with Crippen molar-refractivity contribution >= 4 is 35.6 Å². The highest BCUT2D eigenvalue weighted by atomic mass is 16.7. The first-order valence-electron chi connectivity index (χ1n) is 13.1. The molecule has 1 aliphatic rings. The summed E-state index contributed by atoms with van der Waals surface area (Å²) in [4.78, 5) is 58.7. The van der Waals surface area contributed by atoms with Crippen molar-refractivity contribution in [3.05, 3.63) is 29.8 Å². The number of anilines is 1. The van der Waals surface area contributed by atoms with Gasteiger partial charge in [-0.2, -0.15) is 0 Å². The van der Waals surface area contributed by atoms with E-state index in [1.54, 1.807) is 0 Å². The Morgan fingerprint density at radius 2 is 1.59 bits per heavy atom. The largest absolute Gasteiger partial charge is 0.479 e. The smallest absolute Gasteiger partial charge is 0.414 e. The second kappa shape index (κ2) is 17.1. The molecule has 41 heavy (non-hydrogen) atoms. The first-order chi connectivity index (χ1) is 19.5. The van der Waals surface area contributed by atoms with E-state index in [-0.39, 0.29) is 37.5 Å². The summed E-state index contributed by atoms with van der Waals surface area (Å²) in [6.45, 7) is 1.93. The van der Waals surface area contributed by atoms with Gasteiger partial charge in [0, 0.05) is 12.1 Å². The van der Waals surface area contributed by atoms with Crippen LogP contribution in [0.2, 0.25) is 0 Å². The van der Waals surface area contributed by atoms with Gasteiger partial charge in [0.25, 0.3) is 0 Å². The number of carboxylic acid groups (broad SMARTS) is 1. The number of rotatable bonds is 15. The molecule has 1 aromatic carbocycles. The number of ketones is 1. The van der Waals surface area contributed by atoms with Crippen LogP contribution in [-0.2, 0) is 39.9 Å². The van der Waals surface area contributed by atoms with Crippen molar-refractivity contribution in [3.8, 4) is 0 Å². The van der Waals surface area contributed by atoms with E-state index < -0.39 is 54.8 Å². The number of nitrogens with one attached hydrogen (secondary N) is 2. The zero-order valence-corrected chi connectivity index (χ0v) is 22.5. The Bertz CT molecular complexity index is 1030. The first-order valence-corrected chi connectivity index (χ1v) is 13.1. The summed E-state index contributed by atoms with van der Waals surface area (Å²) in [6.07, 6.45) is -7.76. The molecule has 0 saturated carbocycles. The maximum atomic E-state index is 12.1. The molecule has 2 rings (SSSR count). The number of carbonyl (C=O) groups is 5. The molecule has 5 unspecified atom stereocenters. The van der Waals surface area contributed by atoms with Crippen molar-refractivity contribution < 1.29 is 63.3 Å². The van der Waals surface area contributed by atoms with Crippen LogP contribution in [0, 0.1) is 0 Å². The molecule has 15 nitrogen and oxygen atoms in total. The van der Waals surface area contributed by atoms with Crippen molar-refractivity contribution in [2.45, 2.75) is 82.8 Å². The number of Topliss-reactive ketones (excluding diaryl/α,β-unsaturated/α-hetero) is 1. The molecule has 0 aromatic heterocycles. The highest BCUT2D eigenvalue weighted by molar-refractivity contribution is 5.87. The van der Waals surface area contributed by atoms with E-state index in [2.05, 4.69) is 17.6 Å². The zero-order valence-electron chi connectivity index (χ0n) is 22.5. The summed E-state index contributed by atoms with van der Waals surface area (Å²) in [5, 5.41) is 43.0. The van der Waals surface area contributed by atoms with Crippen molar-refractivity contribution in [3.63, 3.8) is 0 Å². The van der Waals surface area contributed by atoms with Gasteiger partial charge in [-0.25, -0.2) is 14.4 Å². The highest BCUT2D eigenvalue weighted by Crippen LogP contribution is 2.23. The van der Waals surface area contributed by atoms with Gasteiger partial charge in [0.05, 0.1) is 19.6 Å². The predicted octanol–water partition coefficient (Wildman–Crippen LogP) is 0.826. The lowest BCUT2D eigenvalue weighted by Gasteiger charge is -2.37. The van der Waals surface area contributed by atoms with Gasteiger partial charge in [-0.05, 0) is 24.1 Å². The quantitative estimate of drug-likeness (QED) is 0.0955. The molecule has 0 radical (unpaired) electrons. The molecule has 1 aliphatic heterocycles. The number of carbonyl (C=O) groups excluding carboxylic acids is 4. The molecule has 6 N–H and O–H groups in total. The number of amides is 2. The highest BCUT2D eigenvalue weighted by Gasteiger charge is 2.48. The van der Waals surface area contributed by atoms with E-state index in [0.717, 1.165) is 25.7 Å². The van der Waals surface area contributed by atoms with Crippen LogP contribution in [0.25, 0.3) is 0 Å². The van der Waals surface area contributed by atoms with Crippen molar-refractivity contribution in [2.75, 3.05) is 18.5 Å². The third kappa shape index (κ3) is 11.7. The Morgan fingerprint density at radius 3 is 2.24 bits per heavy atom. The SMILES string of the molecule is CCCCCCOC(=O)CCC(=O)CNC(=O)OCc1ccc(NC(=O)OC2OC(C(=O)O)C(O)C(O)C2O)cc1. The molecule has 15 heteroatoms. The summed E-state index contributed by atoms with van der Waals surface area (Å²) in [5.74, 6) is -2.45. The molecule has 0 aliphatic carbocycles. The lowest BCUT2D eigenvalue weighted by atomic mass is 9.99. The maximum Gasteiger partial charge on any atom is 0.414 e. The number of hydrogen-bond donors (Lipinski definition) is 6. The minimum Gasteiger partial charge on any atom is -0.479 e. The predicted molar refractivity (Wildman–Crippen MR) is 138 cm³/mol. The van der Waals surface area contributed by atoms with Gasteiger partial charge in [-0.1, -0.05) is 38.3 Å². The van der Waals surface area contributed by atoms with Gasteiger partial charge in [0.15, 0.2) is 11.9 Å². The Morgan fingerprint density at radius 1 is 0.878 bits per heavy atom. The van der Waals surface area contributed by atoms with E-state index in [9.17, 15) is 39.3 Å². The van der Waals surface area contributed by atoms with E-state index in [4.69, 9.17) is 24.1 Å². The second-order valence-electron chi connectivity index (χ2n) is 9.21. The van der Waals surface area contributed by atoms with E-state index in [1.165, 1.54) is 24.3 Å². The molecule has 1 fully saturated rings. The summed E-state index contributed by atoms with van der Waals surface area (Å²) in [6, 6.07) is 5.88. The number of hydrogen-bond acceptors (Lipinski definition) is 12. The number of aliphatic carboxylic acids is 1. The minimum atomic E-state index is -1.93. The molecule has 1 aromatic rings. The summed E-state index contributed by atoms with van der Waals surface area (Å²) < 4.78 is 19.8. The molecular formula is C26H36N2O13. The van der Waals surface area contributed by atoms with Crippen LogP contribution in [0.5, 0.6) is 0 Å². The Balaban J connectivity index is 1.67. The summed E-state index contributed by atoms with van der Waals surface area (Å²) in [5.41, 5.74) is 0.744. The average Bonchev–Trinajstić information content (AvgIpc) is 2.94. The summed E-state index contributed by atoms with van der Waals surface area (Å²) >= 11 is 0. The van der Waals surface area contributed by atoms with Crippen LogP contribution in [0.4, 0.5) is 15.3 Å². The van der Waals surface area contributed by atoms with Crippen molar-refractivity contribution in [2.24, 2.45) is 0 Å². The van der Waals surface area contributed by atoms with Crippen LogP contribution >= 0.6 is 0 Å². The van der Waals surface area contributed by atoms with Crippen LogP contribution in [0.1, 0.15) is 51.0 Å². The van der Waals surface area contributed by atoms with Gasteiger partial charge >= 0.3 is 24.1 Å². The number of alkyl carbamates (subject to hydrolysis) is 1. The zero-order chi connectivity index (χ0) is 30.4. The third-order valence-corrected chi connectivity index (χ3v) is 5.91. The molecule has 1 heterocycles. The number of carboxylic acids is 1. The molecule has 0 spiro atoms. The average molecular weight is 585 g/mol. The fourth-order valence-electron chi connectivity index (χ4n) is 3.57. The molecule has 1 saturated heterocycles. The third-order valence-electron chi connectivity index (χ3n) is 5.91. The number of aliphatic hydroxyl groups excluding tert-OH is 3. The molecule has 228 valence electrons. The fourth-order valence-corrected chi connectivity index (χ4v) is 3.57. The molecular weight excluding hydrogens is 548 g/mol. The number of aliphatic hydroxyl groups is 3. The van der Waals surface area contributed by atoms with Crippen molar-refractivity contribution in [1.29, 1.82) is 0 Å². The van der Waals surface area contributed by atoms with Gasteiger partial charge in [0.1, 0.15) is 24.9 Å². The monoisotopic (exact) mass is 584 g/mol. The first kappa shape index (κ1) is 33.4. The number of esters is 1. The van der Waals surface area contributed by atoms with Crippen molar-refractivity contribution in [1.82, 2.24) is 5.32 Å². The van der Waals surface area contributed by atoms with E-state index >= 15 is 0 Å². The normalized spacial score (nSPS) is 21.8. The Labute approximate surface area is 235 Å². The van der Waals surface area contributed by atoms with Crippen LogP contribution in [0.3, 0.4) is 0 Å². The molecule has 0 bridgehead atoms. The van der Waals surface area contributed by atoms with Crippen LogP contribution in [0.15, 0.2) is 24.3 Å². The van der Waals surface area contributed by atoms with Gasteiger partial charge in [-0.15, -0.1) is 0 Å². The van der Waals surface area contributed by atoms with Gasteiger partial charge in [-0.3, -0.25) is 14.9 Å². The summed E-state index contributed by atoms with van der Waals surface area (Å²) in [7, 11) is 0. The lowest BCUT2D eigenvalue weighted by molar-refractivity contribution is -0.277. The standard InChI is InChI=1S/C26H36N2O13/c1-2-3-4-5-12-38-18(30)11-10-17(29)13-27-25(36)39-14-15-6-8-16(9-7-15)28-26(37)41-24-21(33)19(31)20(32)22(40-24)23(34)35/h6-9,19-22,24,31-33H,2-5,10-14H2,1H3,(H,27,36)(H,28,37)(H,34,35). The maximum absolute atomic E-state index is 12.1. The second-order valence-corrected chi connectivity index (χ2v) is 9.21. The molecule has 5 atom stereocenters. The fraction of sp³-hybridized carbons (Fsp3) is 0.577. The van der Waals surface area contributed by atoms with Gasteiger partial charge < -0.3 is 44.7 Å². The Kier molecular flexibility index (Phi) is 14.0. The van der Waals surface area contributed by atoms with E-state index in [0.29, 0.717) is 12.2 Å². The lowest BCUT2D eigenvalue weighted by Crippen LogP contribution is -2.60.